The van der Waals surface area contributed by atoms with Gasteiger partial charge in [-0.3, -0.25) is 9.59 Å². The molecule has 8 heteroatoms. The van der Waals surface area contributed by atoms with E-state index in [1.807, 2.05) is 26.0 Å². The quantitative estimate of drug-likeness (QED) is 0.699. The maximum Gasteiger partial charge on any atom is 0.313 e. The van der Waals surface area contributed by atoms with Crippen LogP contribution in [-0.4, -0.2) is 41.4 Å². The van der Waals surface area contributed by atoms with Crippen molar-refractivity contribution in [1.82, 2.24) is 9.88 Å². The van der Waals surface area contributed by atoms with Crippen LogP contribution in [0.5, 0.6) is 0 Å². The molecule has 0 radical (unpaired) electrons. The third kappa shape index (κ3) is 3.63. The first-order valence-corrected chi connectivity index (χ1v) is 9.21. The van der Waals surface area contributed by atoms with Gasteiger partial charge in [0.05, 0.1) is 13.2 Å². The Labute approximate surface area is 161 Å². The number of oxazole rings is 1. The Bertz CT molecular complexity index is 1020. The molecule has 0 bridgehead atoms. The van der Waals surface area contributed by atoms with Gasteiger partial charge in [-0.2, -0.15) is 0 Å². The number of ether oxygens (including phenoxy) is 1. The molecule has 1 aliphatic heterocycles. The molecule has 0 spiro atoms. The van der Waals surface area contributed by atoms with Gasteiger partial charge in [0, 0.05) is 18.7 Å². The van der Waals surface area contributed by atoms with E-state index in [0.717, 1.165) is 5.76 Å². The first-order chi connectivity index (χ1) is 13.5. The molecule has 0 saturated carbocycles. The number of aromatic nitrogens is 1. The Balaban J connectivity index is 1.43. The fourth-order valence-corrected chi connectivity index (χ4v) is 3.16. The normalized spacial score (nSPS) is 17.1. The molecule has 1 N–H and O–H groups in total. The van der Waals surface area contributed by atoms with Crippen LogP contribution in [0.1, 0.15) is 30.4 Å². The number of amides is 2. The molecule has 4 rings (SSSR count). The van der Waals surface area contributed by atoms with Crippen LogP contribution >= 0.6 is 0 Å². The Kier molecular flexibility index (Phi) is 4.87. The highest BCUT2D eigenvalue weighted by Crippen LogP contribution is 2.24. The summed E-state index contributed by atoms with van der Waals surface area (Å²) in [5, 5.41) is 2.64. The number of rotatable bonds is 3. The lowest BCUT2D eigenvalue weighted by molar-refractivity contribution is -0.148. The minimum atomic E-state index is -0.699. The molecule has 2 aromatic heterocycles. The van der Waals surface area contributed by atoms with E-state index in [9.17, 15) is 9.59 Å². The standard InChI is InChI=1S/C20H21N3O5/c1-3-18-22-14-10-13(5-7-15(14)28-18)21-19(24)20(25)23-8-9-26-17(11-23)16-6-4-12(2)27-16/h4-7,10,17H,3,8-9,11H2,1-2H3,(H,21,24). The van der Waals surface area contributed by atoms with Crippen molar-refractivity contribution in [1.29, 1.82) is 0 Å². The van der Waals surface area contributed by atoms with Crippen molar-refractivity contribution < 1.29 is 23.2 Å². The number of nitrogens with zero attached hydrogens (tertiary/aromatic N) is 2. The van der Waals surface area contributed by atoms with Crippen LogP contribution in [0.25, 0.3) is 11.1 Å². The summed E-state index contributed by atoms with van der Waals surface area (Å²) in [5.74, 6) is 0.746. The summed E-state index contributed by atoms with van der Waals surface area (Å²) in [6, 6.07) is 8.77. The minimum absolute atomic E-state index is 0.265. The second-order valence-electron chi connectivity index (χ2n) is 6.66. The Hall–Kier alpha value is -3.13. The van der Waals surface area contributed by atoms with Gasteiger partial charge in [-0.15, -0.1) is 0 Å². The average Bonchev–Trinajstić information content (AvgIpc) is 3.33. The fourth-order valence-electron chi connectivity index (χ4n) is 3.16. The van der Waals surface area contributed by atoms with Crippen LogP contribution in [0.15, 0.2) is 39.2 Å². The van der Waals surface area contributed by atoms with Gasteiger partial charge in [-0.1, -0.05) is 6.92 Å². The van der Waals surface area contributed by atoms with Crippen molar-refractivity contribution in [2.45, 2.75) is 26.4 Å². The molecular weight excluding hydrogens is 362 g/mol. The summed E-state index contributed by atoms with van der Waals surface area (Å²) in [4.78, 5) is 30.9. The third-order valence-electron chi connectivity index (χ3n) is 4.62. The third-order valence-corrected chi connectivity index (χ3v) is 4.62. The molecule has 1 aromatic carbocycles. The van der Waals surface area contributed by atoms with Gasteiger partial charge in [-0.25, -0.2) is 4.98 Å². The zero-order chi connectivity index (χ0) is 19.7. The molecular formula is C20H21N3O5. The van der Waals surface area contributed by atoms with Crippen molar-refractivity contribution >= 4 is 28.6 Å². The highest BCUT2D eigenvalue weighted by atomic mass is 16.5. The van der Waals surface area contributed by atoms with Crippen molar-refractivity contribution in [3.8, 4) is 0 Å². The Morgan fingerprint density at radius 3 is 2.86 bits per heavy atom. The van der Waals surface area contributed by atoms with Gasteiger partial charge >= 0.3 is 11.8 Å². The number of furan rings is 1. The number of nitrogens with one attached hydrogen (secondary N) is 1. The van der Waals surface area contributed by atoms with Crippen molar-refractivity contribution in [3.63, 3.8) is 0 Å². The molecule has 0 aliphatic carbocycles. The van der Waals surface area contributed by atoms with Crippen LogP contribution in [0, 0.1) is 6.92 Å². The van der Waals surface area contributed by atoms with E-state index >= 15 is 0 Å². The van der Waals surface area contributed by atoms with E-state index in [2.05, 4.69) is 10.3 Å². The summed E-state index contributed by atoms with van der Waals surface area (Å²) in [5.41, 5.74) is 1.78. The highest BCUT2D eigenvalue weighted by Gasteiger charge is 2.30. The van der Waals surface area contributed by atoms with Gasteiger partial charge < -0.3 is 23.8 Å². The average molecular weight is 383 g/mol. The molecule has 1 saturated heterocycles. The molecule has 28 heavy (non-hydrogen) atoms. The van der Waals surface area contributed by atoms with Crippen molar-refractivity contribution in [2.75, 3.05) is 25.0 Å². The lowest BCUT2D eigenvalue weighted by atomic mass is 10.2. The molecule has 8 nitrogen and oxygen atoms in total. The van der Waals surface area contributed by atoms with Crippen LogP contribution in [0.4, 0.5) is 5.69 Å². The van der Waals surface area contributed by atoms with Gasteiger partial charge in [0.1, 0.15) is 23.1 Å². The van der Waals surface area contributed by atoms with Gasteiger partial charge in [0.15, 0.2) is 11.5 Å². The van der Waals surface area contributed by atoms with E-state index in [0.29, 0.717) is 48.0 Å². The molecule has 1 unspecified atom stereocenters. The summed E-state index contributed by atoms with van der Waals surface area (Å²) in [6.45, 7) is 4.75. The molecule has 1 aliphatic rings. The molecule has 1 fully saturated rings. The monoisotopic (exact) mass is 383 g/mol. The topological polar surface area (TPSA) is 97.8 Å². The maximum absolute atomic E-state index is 12.6. The van der Waals surface area contributed by atoms with E-state index in [1.54, 1.807) is 18.2 Å². The van der Waals surface area contributed by atoms with Gasteiger partial charge in [-0.05, 0) is 37.3 Å². The largest absolute Gasteiger partial charge is 0.464 e. The van der Waals surface area contributed by atoms with E-state index in [-0.39, 0.29) is 12.6 Å². The maximum atomic E-state index is 12.6. The summed E-state index contributed by atoms with van der Waals surface area (Å²) in [6.07, 6.45) is 0.306. The fraction of sp³-hybridized carbons (Fsp3) is 0.350. The lowest BCUT2D eigenvalue weighted by Gasteiger charge is -2.31. The summed E-state index contributed by atoms with van der Waals surface area (Å²) >= 11 is 0. The molecule has 2 amide bonds. The second-order valence-corrected chi connectivity index (χ2v) is 6.66. The Morgan fingerprint density at radius 2 is 2.11 bits per heavy atom. The summed E-state index contributed by atoms with van der Waals surface area (Å²) < 4.78 is 16.8. The highest BCUT2D eigenvalue weighted by molar-refractivity contribution is 6.39. The number of hydrogen-bond acceptors (Lipinski definition) is 6. The predicted octanol–water partition coefficient (Wildman–Crippen LogP) is 2.83. The zero-order valence-electron chi connectivity index (χ0n) is 15.7. The minimum Gasteiger partial charge on any atom is -0.464 e. The van der Waals surface area contributed by atoms with E-state index in [1.165, 1.54) is 4.90 Å². The smallest absolute Gasteiger partial charge is 0.313 e. The predicted molar refractivity (Wildman–Crippen MR) is 101 cm³/mol. The number of aryl methyl sites for hydroxylation is 2. The van der Waals surface area contributed by atoms with Crippen LogP contribution in [0.3, 0.4) is 0 Å². The first kappa shape index (κ1) is 18.2. The number of fused-ring (bicyclic) bond motifs is 1. The Morgan fingerprint density at radius 1 is 1.25 bits per heavy atom. The van der Waals surface area contributed by atoms with Crippen LogP contribution in [-0.2, 0) is 20.7 Å². The zero-order valence-corrected chi connectivity index (χ0v) is 15.7. The lowest BCUT2D eigenvalue weighted by Crippen LogP contribution is -2.46. The van der Waals surface area contributed by atoms with Gasteiger partial charge in [0.2, 0.25) is 0 Å². The number of hydrogen-bond donors (Lipinski definition) is 1. The van der Waals surface area contributed by atoms with Crippen LogP contribution < -0.4 is 5.32 Å². The molecule has 3 heterocycles. The molecule has 3 aromatic rings. The number of carbonyl (C=O) groups excluding carboxylic acids is 2. The summed E-state index contributed by atoms with van der Waals surface area (Å²) in [7, 11) is 0. The number of morpholine rings is 1. The number of carbonyl (C=O) groups is 2. The first-order valence-electron chi connectivity index (χ1n) is 9.21. The molecule has 146 valence electrons. The number of benzene rings is 1. The van der Waals surface area contributed by atoms with Gasteiger partial charge in [0.25, 0.3) is 0 Å². The SMILES string of the molecule is CCc1nc2cc(NC(=O)C(=O)N3CCOC(c4ccc(C)o4)C3)ccc2o1. The van der Waals surface area contributed by atoms with Crippen LogP contribution in [0.2, 0.25) is 0 Å². The van der Waals surface area contributed by atoms with E-state index in [4.69, 9.17) is 13.6 Å². The second kappa shape index (κ2) is 7.47. The van der Waals surface area contributed by atoms with Crippen molar-refractivity contribution in [3.05, 3.63) is 47.7 Å². The molecule has 1 atom stereocenters. The van der Waals surface area contributed by atoms with E-state index < -0.39 is 11.8 Å². The van der Waals surface area contributed by atoms with Crippen molar-refractivity contribution in [2.24, 2.45) is 0 Å². The number of anilines is 1.